The van der Waals surface area contributed by atoms with Gasteiger partial charge in [-0.25, -0.2) is 4.98 Å². The Balaban J connectivity index is 1.97. The Morgan fingerprint density at radius 1 is 1.55 bits per heavy atom. The van der Waals surface area contributed by atoms with Gasteiger partial charge in [0.15, 0.2) is 0 Å². The molecule has 4 nitrogen and oxygen atoms in total. The first-order valence-electron chi connectivity index (χ1n) is 7.35. The third kappa shape index (κ3) is 4.08. The Morgan fingerprint density at radius 2 is 2.35 bits per heavy atom. The lowest BCUT2D eigenvalue weighted by Gasteiger charge is -2.23. The molecule has 1 N–H and O–H groups in total. The molecule has 1 fully saturated rings. The van der Waals surface area contributed by atoms with Gasteiger partial charge in [-0.15, -0.1) is 0 Å². The van der Waals surface area contributed by atoms with Gasteiger partial charge >= 0.3 is 0 Å². The van der Waals surface area contributed by atoms with Gasteiger partial charge < -0.3 is 15.1 Å². The normalized spacial score (nSPS) is 19.5. The van der Waals surface area contributed by atoms with Crippen LogP contribution in [0.5, 0.6) is 0 Å². The van der Waals surface area contributed by atoms with Gasteiger partial charge in [0.1, 0.15) is 5.82 Å². The van der Waals surface area contributed by atoms with Gasteiger partial charge in [-0.05, 0) is 44.1 Å². The van der Waals surface area contributed by atoms with Gasteiger partial charge in [0.2, 0.25) is 0 Å². The van der Waals surface area contributed by atoms with E-state index >= 15 is 0 Å². The number of pyridine rings is 1. The minimum Gasteiger partial charge on any atom is -0.358 e. The monoisotopic (exact) mass is 296 g/mol. The lowest BCUT2D eigenvalue weighted by molar-refractivity contribution is 0.395. The molecule has 1 aliphatic rings. The first-order chi connectivity index (χ1) is 9.60. The molecule has 0 saturated carbocycles. The molecule has 20 heavy (non-hydrogen) atoms. The molecule has 0 aliphatic carbocycles. The van der Waals surface area contributed by atoms with Crippen LogP contribution in [0.2, 0.25) is 5.02 Å². The molecule has 0 radical (unpaired) electrons. The molecule has 0 aromatic carbocycles. The van der Waals surface area contributed by atoms with E-state index in [1.807, 2.05) is 12.3 Å². The van der Waals surface area contributed by atoms with E-state index in [0.717, 1.165) is 36.0 Å². The van der Waals surface area contributed by atoms with Crippen LogP contribution in [-0.2, 0) is 6.54 Å². The number of anilines is 1. The average molecular weight is 297 g/mol. The minimum absolute atomic E-state index is 0.712. The van der Waals surface area contributed by atoms with Crippen LogP contribution in [0, 0.1) is 5.92 Å². The zero-order valence-electron chi connectivity index (χ0n) is 12.7. The Labute approximate surface area is 127 Å². The summed E-state index contributed by atoms with van der Waals surface area (Å²) in [5.41, 5.74) is 1.13. The van der Waals surface area contributed by atoms with Crippen molar-refractivity contribution in [2.24, 2.45) is 5.92 Å². The van der Waals surface area contributed by atoms with Crippen LogP contribution in [0.1, 0.15) is 18.9 Å². The predicted molar refractivity (Wildman–Crippen MR) is 85.5 cm³/mol. The molecule has 5 heteroatoms. The molecule has 1 saturated heterocycles. The summed E-state index contributed by atoms with van der Waals surface area (Å²) in [6.45, 7) is 7.25. The maximum Gasteiger partial charge on any atom is 0.147 e. The van der Waals surface area contributed by atoms with E-state index < -0.39 is 0 Å². The highest BCUT2D eigenvalue weighted by Gasteiger charge is 2.22. The van der Waals surface area contributed by atoms with E-state index in [1.54, 1.807) is 0 Å². The molecular weight excluding hydrogens is 272 g/mol. The second-order valence-corrected chi connectivity index (χ2v) is 6.13. The Bertz CT molecular complexity index is 438. The van der Waals surface area contributed by atoms with E-state index in [4.69, 9.17) is 11.6 Å². The van der Waals surface area contributed by atoms with Crippen LogP contribution in [-0.4, -0.2) is 50.2 Å². The summed E-state index contributed by atoms with van der Waals surface area (Å²) >= 11 is 6.37. The average Bonchev–Trinajstić information content (AvgIpc) is 2.81. The third-order valence-corrected chi connectivity index (χ3v) is 4.12. The highest BCUT2D eigenvalue weighted by Crippen LogP contribution is 2.25. The molecule has 112 valence electrons. The predicted octanol–water partition coefficient (Wildman–Crippen LogP) is 2.23. The molecular formula is C15H25ClN4. The van der Waals surface area contributed by atoms with Crippen LogP contribution < -0.4 is 10.2 Å². The van der Waals surface area contributed by atoms with Crippen molar-refractivity contribution >= 4 is 17.4 Å². The third-order valence-electron chi connectivity index (χ3n) is 3.84. The van der Waals surface area contributed by atoms with E-state index in [1.165, 1.54) is 19.5 Å². The highest BCUT2D eigenvalue weighted by atomic mass is 35.5. The molecule has 1 aromatic rings. The summed E-state index contributed by atoms with van der Waals surface area (Å²) < 4.78 is 0. The fraction of sp³-hybridized carbons (Fsp3) is 0.667. The first-order valence-corrected chi connectivity index (χ1v) is 7.72. The van der Waals surface area contributed by atoms with Crippen molar-refractivity contribution < 1.29 is 0 Å². The van der Waals surface area contributed by atoms with E-state index in [9.17, 15) is 0 Å². The molecule has 1 aromatic heterocycles. The topological polar surface area (TPSA) is 31.4 Å². The van der Waals surface area contributed by atoms with Gasteiger partial charge in [0, 0.05) is 32.9 Å². The zero-order chi connectivity index (χ0) is 14.5. The van der Waals surface area contributed by atoms with Gasteiger partial charge in [0.05, 0.1) is 5.02 Å². The first kappa shape index (κ1) is 15.5. The van der Waals surface area contributed by atoms with Crippen LogP contribution in [0.25, 0.3) is 0 Å². The summed E-state index contributed by atoms with van der Waals surface area (Å²) in [6, 6.07) is 2.02. The number of nitrogens with one attached hydrogen (secondary N) is 1. The summed E-state index contributed by atoms with van der Waals surface area (Å²) in [6.07, 6.45) is 3.18. The molecule has 2 rings (SSSR count). The summed E-state index contributed by atoms with van der Waals surface area (Å²) in [4.78, 5) is 9.10. The Morgan fingerprint density at radius 3 is 2.95 bits per heavy atom. The molecule has 0 spiro atoms. The maximum absolute atomic E-state index is 6.37. The van der Waals surface area contributed by atoms with Crippen LogP contribution in [0.15, 0.2) is 12.3 Å². The number of halogens is 1. The second kappa shape index (κ2) is 7.25. The number of aromatic nitrogens is 1. The smallest absolute Gasteiger partial charge is 0.147 e. The van der Waals surface area contributed by atoms with Crippen molar-refractivity contribution in [3.63, 3.8) is 0 Å². The van der Waals surface area contributed by atoms with Crippen molar-refractivity contribution in [3.8, 4) is 0 Å². The lowest BCUT2D eigenvalue weighted by atomic mass is 10.1. The van der Waals surface area contributed by atoms with E-state index in [2.05, 4.69) is 41.1 Å². The lowest BCUT2D eigenvalue weighted by Crippen LogP contribution is -2.28. The van der Waals surface area contributed by atoms with Crippen LogP contribution >= 0.6 is 11.6 Å². The van der Waals surface area contributed by atoms with Gasteiger partial charge in [-0.1, -0.05) is 18.5 Å². The van der Waals surface area contributed by atoms with Crippen molar-refractivity contribution in [2.45, 2.75) is 19.9 Å². The van der Waals surface area contributed by atoms with Crippen molar-refractivity contribution in [1.82, 2.24) is 15.2 Å². The van der Waals surface area contributed by atoms with E-state index in [-0.39, 0.29) is 0 Å². The minimum atomic E-state index is 0.712. The number of hydrogen-bond acceptors (Lipinski definition) is 4. The van der Waals surface area contributed by atoms with Crippen LogP contribution in [0.3, 0.4) is 0 Å². The summed E-state index contributed by atoms with van der Waals surface area (Å²) in [5.74, 6) is 1.60. The SMILES string of the molecule is CCNCc1cnc(N(C)CC2CCN(C)C2)c(Cl)c1. The van der Waals surface area contributed by atoms with Gasteiger partial charge in [-0.2, -0.15) is 0 Å². The molecule has 2 heterocycles. The molecule has 0 amide bonds. The number of rotatable bonds is 6. The fourth-order valence-corrected chi connectivity index (χ4v) is 3.10. The highest BCUT2D eigenvalue weighted by molar-refractivity contribution is 6.33. The number of nitrogens with zero attached hydrogens (tertiary/aromatic N) is 3. The number of likely N-dealkylation sites (tertiary alicyclic amines) is 1. The van der Waals surface area contributed by atoms with Gasteiger partial charge in [0.25, 0.3) is 0 Å². The Hall–Kier alpha value is -0.840. The standard InChI is InChI=1S/C15H25ClN4/c1-4-17-8-13-7-14(16)15(18-9-13)20(3)11-12-5-6-19(2)10-12/h7,9,12,17H,4-6,8,10-11H2,1-3H3. The van der Waals surface area contributed by atoms with E-state index in [0.29, 0.717) is 5.92 Å². The maximum atomic E-state index is 6.37. The zero-order valence-corrected chi connectivity index (χ0v) is 13.5. The summed E-state index contributed by atoms with van der Waals surface area (Å²) in [7, 11) is 4.26. The molecule has 0 bridgehead atoms. The van der Waals surface area contributed by atoms with Gasteiger partial charge in [-0.3, -0.25) is 0 Å². The largest absolute Gasteiger partial charge is 0.358 e. The molecule has 1 unspecified atom stereocenters. The summed E-state index contributed by atoms with van der Waals surface area (Å²) in [5, 5.41) is 4.03. The quantitative estimate of drug-likeness (QED) is 0.872. The second-order valence-electron chi connectivity index (χ2n) is 5.73. The number of hydrogen-bond donors (Lipinski definition) is 1. The van der Waals surface area contributed by atoms with Crippen LogP contribution in [0.4, 0.5) is 5.82 Å². The van der Waals surface area contributed by atoms with Crippen molar-refractivity contribution in [3.05, 3.63) is 22.8 Å². The van der Waals surface area contributed by atoms with Crippen molar-refractivity contribution in [2.75, 3.05) is 45.2 Å². The molecule has 1 atom stereocenters. The Kier molecular flexibility index (Phi) is 5.64. The van der Waals surface area contributed by atoms with Crippen molar-refractivity contribution in [1.29, 1.82) is 0 Å². The molecule has 1 aliphatic heterocycles. The fourth-order valence-electron chi connectivity index (χ4n) is 2.77.